The van der Waals surface area contributed by atoms with Crippen molar-refractivity contribution in [1.82, 2.24) is 0 Å². The lowest BCUT2D eigenvalue weighted by atomic mass is 10.3. The second-order valence-corrected chi connectivity index (χ2v) is 8.79. The first-order chi connectivity index (χ1) is 10.8. The third kappa shape index (κ3) is 4.99. The van der Waals surface area contributed by atoms with Crippen LogP contribution >= 0.6 is 23.4 Å². The fourth-order valence-electron chi connectivity index (χ4n) is 1.83. The van der Waals surface area contributed by atoms with Crippen molar-refractivity contribution in [3.05, 3.63) is 53.6 Å². The Balaban J connectivity index is 2.08. The normalized spacial score (nSPS) is 12.7. The molecule has 0 aliphatic rings. The van der Waals surface area contributed by atoms with Crippen LogP contribution < -0.4 is 5.32 Å². The predicted octanol–water partition coefficient (Wildman–Crippen LogP) is 3.86. The van der Waals surface area contributed by atoms with Crippen molar-refractivity contribution in [2.45, 2.75) is 22.0 Å². The summed E-state index contributed by atoms with van der Waals surface area (Å²) in [5, 5.41) is 2.94. The highest BCUT2D eigenvalue weighted by Gasteiger charge is 2.16. The Morgan fingerprint density at radius 3 is 2.52 bits per heavy atom. The van der Waals surface area contributed by atoms with Gasteiger partial charge in [-0.3, -0.25) is 4.79 Å². The van der Waals surface area contributed by atoms with Crippen LogP contribution in [-0.2, 0) is 14.6 Å². The minimum Gasteiger partial charge on any atom is -0.325 e. The maximum absolute atomic E-state index is 12.3. The average Bonchev–Trinajstić information content (AvgIpc) is 2.49. The monoisotopic (exact) mass is 369 g/mol. The third-order valence-electron chi connectivity index (χ3n) is 3.04. The van der Waals surface area contributed by atoms with Gasteiger partial charge in [-0.2, -0.15) is 0 Å². The van der Waals surface area contributed by atoms with E-state index in [1.54, 1.807) is 25.1 Å². The summed E-state index contributed by atoms with van der Waals surface area (Å²) in [7, 11) is -3.31. The number of rotatable bonds is 5. The molecule has 0 fully saturated rings. The molecule has 23 heavy (non-hydrogen) atoms. The molecule has 2 aromatic carbocycles. The highest BCUT2D eigenvalue weighted by molar-refractivity contribution is 8.00. The summed E-state index contributed by atoms with van der Waals surface area (Å²) in [6.07, 6.45) is 1.13. The summed E-state index contributed by atoms with van der Waals surface area (Å²) in [4.78, 5) is 13.3. The molecule has 1 unspecified atom stereocenters. The predicted molar refractivity (Wildman–Crippen MR) is 95.0 cm³/mol. The number of thioether (sulfide) groups is 1. The zero-order chi connectivity index (χ0) is 17.0. The Bertz CT molecular complexity index is 822. The Kier molecular flexibility index (Phi) is 5.73. The van der Waals surface area contributed by atoms with Gasteiger partial charge in [0.15, 0.2) is 9.84 Å². The van der Waals surface area contributed by atoms with Gasteiger partial charge in [0.05, 0.1) is 15.2 Å². The lowest BCUT2D eigenvalue weighted by Gasteiger charge is -2.13. The molecule has 0 heterocycles. The molecule has 0 aliphatic heterocycles. The van der Waals surface area contributed by atoms with Crippen LogP contribution in [0, 0.1) is 0 Å². The number of amides is 1. The lowest BCUT2D eigenvalue weighted by Crippen LogP contribution is -2.22. The summed E-state index contributed by atoms with van der Waals surface area (Å²) in [6.45, 7) is 1.77. The number of benzene rings is 2. The van der Waals surface area contributed by atoms with Gasteiger partial charge in [0.2, 0.25) is 5.91 Å². The second-order valence-electron chi connectivity index (χ2n) is 4.98. The maximum Gasteiger partial charge on any atom is 0.237 e. The average molecular weight is 370 g/mol. The molecule has 0 bridgehead atoms. The highest BCUT2D eigenvalue weighted by Crippen LogP contribution is 2.30. The molecule has 0 aromatic heterocycles. The summed E-state index contributed by atoms with van der Waals surface area (Å²) in [5.74, 6) is -0.222. The molecule has 0 saturated carbocycles. The Morgan fingerprint density at radius 2 is 1.87 bits per heavy atom. The van der Waals surface area contributed by atoms with Crippen LogP contribution in [0.4, 0.5) is 5.69 Å². The molecule has 0 saturated heterocycles. The fraction of sp³-hybridized carbons (Fsp3) is 0.188. The van der Waals surface area contributed by atoms with E-state index in [1.807, 2.05) is 18.2 Å². The number of hydrogen-bond donors (Lipinski definition) is 1. The highest BCUT2D eigenvalue weighted by atomic mass is 35.5. The molecular weight excluding hydrogens is 354 g/mol. The van der Waals surface area contributed by atoms with E-state index in [1.165, 1.54) is 23.9 Å². The van der Waals surface area contributed by atoms with Gasteiger partial charge in [0.25, 0.3) is 0 Å². The first kappa shape index (κ1) is 17.8. The number of anilines is 1. The van der Waals surface area contributed by atoms with Gasteiger partial charge in [-0.05, 0) is 37.3 Å². The molecule has 2 rings (SSSR count). The third-order valence-corrected chi connectivity index (χ3v) is 5.77. The largest absolute Gasteiger partial charge is 0.325 e. The number of carbonyl (C=O) groups excluding carboxylic acids is 1. The molecule has 0 radical (unpaired) electrons. The van der Waals surface area contributed by atoms with E-state index in [-0.39, 0.29) is 16.1 Å². The maximum atomic E-state index is 12.3. The van der Waals surface area contributed by atoms with Crippen molar-refractivity contribution in [3.63, 3.8) is 0 Å². The molecule has 1 N–H and O–H groups in total. The number of sulfone groups is 1. The quantitative estimate of drug-likeness (QED) is 0.813. The van der Waals surface area contributed by atoms with Gasteiger partial charge < -0.3 is 5.32 Å². The number of hydrogen-bond acceptors (Lipinski definition) is 4. The van der Waals surface area contributed by atoms with Crippen LogP contribution in [-0.4, -0.2) is 25.8 Å². The molecule has 122 valence electrons. The minimum atomic E-state index is -3.31. The van der Waals surface area contributed by atoms with Gasteiger partial charge in [0.1, 0.15) is 0 Å². The smallest absolute Gasteiger partial charge is 0.237 e. The molecule has 1 amide bonds. The SMILES string of the molecule is CC(Sc1ccccc1Cl)C(=O)Nc1cccc(S(C)(=O)=O)c1. The molecule has 2 aromatic rings. The molecule has 4 nitrogen and oxygen atoms in total. The van der Waals surface area contributed by atoms with Crippen molar-refractivity contribution in [1.29, 1.82) is 0 Å². The van der Waals surface area contributed by atoms with Crippen LogP contribution in [0.15, 0.2) is 58.3 Å². The summed E-state index contributed by atoms with van der Waals surface area (Å²) in [6, 6.07) is 13.5. The molecule has 7 heteroatoms. The van der Waals surface area contributed by atoms with Crippen molar-refractivity contribution in [2.24, 2.45) is 0 Å². The Hall–Kier alpha value is -1.50. The van der Waals surface area contributed by atoms with Crippen molar-refractivity contribution < 1.29 is 13.2 Å². The van der Waals surface area contributed by atoms with Crippen LogP contribution in [0.3, 0.4) is 0 Å². The van der Waals surface area contributed by atoms with Crippen molar-refractivity contribution >= 4 is 44.8 Å². The summed E-state index contributed by atoms with van der Waals surface area (Å²) < 4.78 is 23.1. The first-order valence-electron chi connectivity index (χ1n) is 6.79. The van der Waals surface area contributed by atoms with Gasteiger partial charge in [-0.25, -0.2) is 8.42 Å². The zero-order valence-corrected chi connectivity index (χ0v) is 15.0. The van der Waals surface area contributed by atoms with Crippen LogP contribution in [0.25, 0.3) is 0 Å². The van der Waals surface area contributed by atoms with Gasteiger partial charge in [-0.1, -0.05) is 29.8 Å². The van der Waals surface area contributed by atoms with Crippen LogP contribution in [0.1, 0.15) is 6.92 Å². The van der Waals surface area contributed by atoms with E-state index in [0.717, 1.165) is 11.2 Å². The Morgan fingerprint density at radius 1 is 1.17 bits per heavy atom. The topological polar surface area (TPSA) is 63.2 Å². The minimum absolute atomic E-state index is 0.168. The van der Waals surface area contributed by atoms with Crippen molar-refractivity contribution in [3.8, 4) is 0 Å². The van der Waals surface area contributed by atoms with Crippen LogP contribution in [0.2, 0.25) is 5.02 Å². The van der Waals surface area contributed by atoms with Gasteiger partial charge >= 0.3 is 0 Å². The van der Waals surface area contributed by atoms with E-state index in [9.17, 15) is 13.2 Å². The molecule has 0 aliphatic carbocycles. The van der Waals surface area contributed by atoms with Crippen LogP contribution in [0.5, 0.6) is 0 Å². The fourth-order valence-corrected chi connectivity index (χ4v) is 3.65. The first-order valence-corrected chi connectivity index (χ1v) is 9.94. The molecule has 1 atom stereocenters. The van der Waals surface area contributed by atoms with E-state index in [4.69, 9.17) is 11.6 Å². The van der Waals surface area contributed by atoms with E-state index < -0.39 is 9.84 Å². The van der Waals surface area contributed by atoms with Gasteiger partial charge in [-0.15, -0.1) is 11.8 Å². The van der Waals surface area contributed by atoms with E-state index in [0.29, 0.717) is 10.7 Å². The summed E-state index contributed by atoms with van der Waals surface area (Å²) >= 11 is 7.43. The zero-order valence-electron chi connectivity index (χ0n) is 12.6. The lowest BCUT2D eigenvalue weighted by molar-refractivity contribution is -0.115. The molecular formula is C16H16ClNO3S2. The summed E-state index contributed by atoms with van der Waals surface area (Å²) in [5.41, 5.74) is 0.449. The number of carbonyl (C=O) groups is 1. The number of nitrogens with one attached hydrogen (secondary N) is 1. The molecule has 0 spiro atoms. The van der Waals surface area contributed by atoms with E-state index in [2.05, 4.69) is 5.32 Å². The van der Waals surface area contributed by atoms with Gasteiger partial charge in [0, 0.05) is 16.8 Å². The Labute approximate surface area is 145 Å². The second kappa shape index (κ2) is 7.38. The van der Waals surface area contributed by atoms with E-state index >= 15 is 0 Å². The van der Waals surface area contributed by atoms with Crippen molar-refractivity contribution in [2.75, 3.05) is 11.6 Å². The number of halogens is 1. The standard InChI is InChI=1S/C16H16ClNO3S2/c1-11(22-15-9-4-3-8-14(15)17)16(19)18-12-6-5-7-13(10-12)23(2,20)21/h3-11H,1-2H3,(H,18,19).